The molecule has 1 atom stereocenters. The predicted molar refractivity (Wildman–Crippen MR) is 151 cm³/mol. The van der Waals surface area contributed by atoms with Crippen LogP contribution in [0, 0.1) is 11.3 Å². The summed E-state index contributed by atoms with van der Waals surface area (Å²) in [7, 11) is 0. The number of nitrogens with one attached hydrogen (secondary N) is 1. The SMILES string of the molecule is CC(C)(C)[C@@H]1CCc2c(sc(N=Cc3ccc(-c4cccc(Cl)c4Cl)o3)c2C(=O)NCc2ccco2)C1. The number of hydrogen-bond donors (Lipinski definition) is 1. The van der Waals surface area contributed by atoms with E-state index in [1.165, 1.54) is 4.88 Å². The molecule has 0 saturated carbocycles. The zero-order chi connectivity index (χ0) is 26.2. The van der Waals surface area contributed by atoms with Crippen molar-refractivity contribution in [2.24, 2.45) is 16.3 Å². The summed E-state index contributed by atoms with van der Waals surface area (Å²) < 4.78 is 11.4. The first-order chi connectivity index (χ1) is 17.7. The maximum atomic E-state index is 13.4. The Morgan fingerprint density at radius 2 is 2.03 bits per heavy atom. The van der Waals surface area contributed by atoms with Crippen LogP contribution < -0.4 is 5.32 Å². The fourth-order valence-corrected chi connectivity index (χ4v) is 6.35. The average Bonchev–Trinajstić information content (AvgIpc) is 3.61. The molecule has 1 amide bonds. The monoisotopic (exact) mass is 554 g/mol. The summed E-state index contributed by atoms with van der Waals surface area (Å²) in [5, 5.41) is 4.60. The molecule has 0 radical (unpaired) electrons. The molecule has 8 heteroatoms. The number of furan rings is 2. The summed E-state index contributed by atoms with van der Waals surface area (Å²) >= 11 is 14.1. The molecule has 0 unspecified atom stereocenters. The lowest BCUT2D eigenvalue weighted by molar-refractivity contribution is 0.0947. The first kappa shape index (κ1) is 25.8. The van der Waals surface area contributed by atoms with E-state index in [2.05, 4.69) is 26.1 Å². The largest absolute Gasteiger partial charge is 0.467 e. The minimum absolute atomic E-state index is 0.138. The third-order valence-corrected chi connectivity index (χ3v) is 8.84. The second-order valence-corrected chi connectivity index (χ2v) is 12.2. The van der Waals surface area contributed by atoms with Gasteiger partial charge in [-0.2, -0.15) is 0 Å². The summed E-state index contributed by atoms with van der Waals surface area (Å²) in [4.78, 5) is 19.4. The van der Waals surface area contributed by atoms with E-state index in [1.807, 2.05) is 36.4 Å². The standard InChI is InChI=1S/C29H28Cl2N2O3S/c1-29(2,3)17-9-11-21-24(14-17)37-28(25(21)27(34)32-15-18-6-5-13-35-18)33-16-19-10-12-23(36-19)20-7-4-8-22(30)26(20)31/h4-8,10,12-13,16-17H,9,11,14-15H2,1-3H3,(H,32,34)/t17-/m1/s1. The molecule has 1 aliphatic rings. The van der Waals surface area contributed by atoms with Crippen molar-refractivity contribution in [1.82, 2.24) is 5.32 Å². The van der Waals surface area contributed by atoms with E-state index in [4.69, 9.17) is 37.0 Å². The Hall–Kier alpha value is -2.80. The van der Waals surface area contributed by atoms with Crippen LogP contribution in [0.4, 0.5) is 5.00 Å². The number of hydrogen-bond acceptors (Lipinski definition) is 5. The van der Waals surface area contributed by atoms with Gasteiger partial charge in [0, 0.05) is 10.4 Å². The minimum atomic E-state index is -0.138. The van der Waals surface area contributed by atoms with Gasteiger partial charge in [-0.15, -0.1) is 11.3 Å². The number of nitrogens with zero attached hydrogens (tertiary/aromatic N) is 1. The molecule has 4 aromatic rings. The number of carbonyl (C=O) groups is 1. The van der Waals surface area contributed by atoms with Gasteiger partial charge in [-0.25, -0.2) is 4.99 Å². The van der Waals surface area contributed by atoms with Crippen molar-refractivity contribution in [3.63, 3.8) is 0 Å². The van der Waals surface area contributed by atoms with Crippen LogP contribution in [0.15, 0.2) is 62.6 Å². The second kappa shape index (κ2) is 10.5. The molecule has 5 nitrogen and oxygen atoms in total. The van der Waals surface area contributed by atoms with Gasteiger partial charge in [-0.05, 0) is 72.6 Å². The second-order valence-electron chi connectivity index (χ2n) is 10.3. The van der Waals surface area contributed by atoms with Gasteiger partial charge in [0.2, 0.25) is 0 Å². The lowest BCUT2D eigenvalue weighted by atomic mass is 9.72. The number of halogens is 2. The van der Waals surface area contributed by atoms with Gasteiger partial charge in [-0.1, -0.05) is 50.0 Å². The number of carbonyl (C=O) groups excluding carboxylic acids is 1. The van der Waals surface area contributed by atoms with Crippen molar-refractivity contribution in [3.8, 4) is 11.3 Å². The van der Waals surface area contributed by atoms with E-state index < -0.39 is 0 Å². The summed E-state index contributed by atoms with van der Waals surface area (Å²) in [5.74, 6) is 2.29. The van der Waals surface area contributed by atoms with Crippen molar-refractivity contribution < 1.29 is 13.6 Å². The van der Waals surface area contributed by atoms with Crippen LogP contribution in [0.25, 0.3) is 11.3 Å². The topological polar surface area (TPSA) is 67.7 Å². The molecule has 1 N–H and O–H groups in total. The minimum Gasteiger partial charge on any atom is -0.467 e. The lowest BCUT2D eigenvalue weighted by Gasteiger charge is -2.33. The van der Waals surface area contributed by atoms with Crippen LogP contribution in [-0.2, 0) is 19.4 Å². The van der Waals surface area contributed by atoms with Gasteiger partial charge in [0.1, 0.15) is 22.3 Å². The van der Waals surface area contributed by atoms with E-state index in [1.54, 1.807) is 29.9 Å². The molecule has 5 rings (SSSR count). The first-order valence-electron chi connectivity index (χ1n) is 12.2. The molecule has 1 aromatic carbocycles. The van der Waals surface area contributed by atoms with Crippen LogP contribution in [-0.4, -0.2) is 12.1 Å². The van der Waals surface area contributed by atoms with Gasteiger partial charge in [0.05, 0.1) is 34.6 Å². The van der Waals surface area contributed by atoms with E-state index in [0.29, 0.717) is 55.9 Å². The highest BCUT2D eigenvalue weighted by Gasteiger charge is 2.33. The van der Waals surface area contributed by atoms with Crippen LogP contribution in [0.2, 0.25) is 10.0 Å². The Morgan fingerprint density at radius 1 is 1.19 bits per heavy atom. The Kier molecular flexibility index (Phi) is 7.35. The summed E-state index contributed by atoms with van der Waals surface area (Å²) in [6.07, 6.45) is 6.13. The zero-order valence-electron chi connectivity index (χ0n) is 20.9. The van der Waals surface area contributed by atoms with Gasteiger partial charge in [-0.3, -0.25) is 4.79 Å². The Labute approximate surface area is 230 Å². The van der Waals surface area contributed by atoms with Gasteiger partial charge in [0.15, 0.2) is 0 Å². The normalized spacial score (nSPS) is 15.8. The molecule has 0 bridgehead atoms. The molecular weight excluding hydrogens is 527 g/mol. The maximum Gasteiger partial charge on any atom is 0.255 e. The van der Waals surface area contributed by atoms with E-state index in [9.17, 15) is 4.79 Å². The highest BCUT2D eigenvalue weighted by atomic mass is 35.5. The molecule has 1 aliphatic carbocycles. The number of rotatable bonds is 6. The third kappa shape index (κ3) is 5.57. The Balaban J connectivity index is 1.44. The Bertz CT molecular complexity index is 1440. The quantitative estimate of drug-likeness (QED) is 0.242. The molecule has 0 saturated heterocycles. The molecule has 192 valence electrons. The van der Waals surface area contributed by atoms with Crippen LogP contribution in [0.5, 0.6) is 0 Å². The number of aliphatic imine (C=N–C) groups is 1. The van der Waals surface area contributed by atoms with Crippen molar-refractivity contribution >= 4 is 51.7 Å². The summed E-state index contributed by atoms with van der Waals surface area (Å²) in [6.45, 7) is 7.18. The third-order valence-electron chi connectivity index (χ3n) is 6.85. The van der Waals surface area contributed by atoms with E-state index >= 15 is 0 Å². The molecular formula is C29H28Cl2N2O3S. The maximum absolute atomic E-state index is 13.4. The first-order valence-corrected chi connectivity index (χ1v) is 13.8. The predicted octanol–water partition coefficient (Wildman–Crippen LogP) is 8.74. The zero-order valence-corrected chi connectivity index (χ0v) is 23.3. The lowest BCUT2D eigenvalue weighted by Crippen LogP contribution is -2.28. The van der Waals surface area contributed by atoms with Gasteiger partial charge < -0.3 is 14.2 Å². The van der Waals surface area contributed by atoms with Gasteiger partial charge >= 0.3 is 0 Å². The molecule has 0 spiro atoms. The van der Waals surface area contributed by atoms with Crippen LogP contribution >= 0.6 is 34.5 Å². The molecule has 37 heavy (non-hydrogen) atoms. The number of amides is 1. The number of thiophene rings is 1. The molecule has 3 aromatic heterocycles. The van der Waals surface area contributed by atoms with E-state index in [-0.39, 0.29) is 11.3 Å². The highest BCUT2D eigenvalue weighted by Crippen LogP contribution is 2.45. The summed E-state index contributed by atoms with van der Waals surface area (Å²) in [5.41, 5.74) is 2.69. The smallest absolute Gasteiger partial charge is 0.255 e. The van der Waals surface area contributed by atoms with Crippen molar-refractivity contribution in [3.05, 3.63) is 86.3 Å². The van der Waals surface area contributed by atoms with Crippen LogP contribution in [0.1, 0.15) is 59.5 Å². The van der Waals surface area contributed by atoms with Crippen molar-refractivity contribution in [2.45, 2.75) is 46.6 Å². The molecule has 0 aliphatic heterocycles. The molecule has 3 heterocycles. The average molecular weight is 556 g/mol. The fraction of sp³-hybridized carbons (Fsp3) is 0.310. The van der Waals surface area contributed by atoms with Gasteiger partial charge in [0.25, 0.3) is 5.91 Å². The molecule has 0 fully saturated rings. The van der Waals surface area contributed by atoms with Crippen molar-refractivity contribution in [1.29, 1.82) is 0 Å². The summed E-state index contributed by atoms with van der Waals surface area (Å²) in [6, 6.07) is 12.7. The van der Waals surface area contributed by atoms with Crippen LogP contribution in [0.3, 0.4) is 0 Å². The highest BCUT2D eigenvalue weighted by molar-refractivity contribution is 7.16. The fourth-order valence-electron chi connectivity index (χ4n) is 4.69. The number of fused-ring (bicyclic) bond motifs is 1. The number of benzene rings is 1. The van der Waals surface area contributed by atoms with Crippen molar-refractivity contribution in [2.75, 3.05) is 0 Å². The Morgan fingerprint density at radius 3 is 2.78 bits per heavy atom. The van der Waals surface area contributed by atoms with E-state index in [0.717, 1.165) is 24.8 Å².